The van der Waals surface area contributed by atoms with Crippen molar-refractivity contribution < 1.29 is 5.11 Å². The second-order valence-corrected chi connectivity index (χ2v) is 35.1. The van der Waals surface area contributed by atoms with E-state index in [-0.39, 0.29) is 32.8 Å². The summed E-state index contributed by atoms with van der Waals surface area (Å²) >= 11 is -2.87. The number of phenolic OH excluding ortho intramolecular Hbond substituents is 1. The first-order valence-electron chi connectivity index (χ1n) is 25.4. The molecule has 5 heteroatoms. The Morgan fingerprint density at radius 3 is 1.80 bits per heavy atom. The SMILES string of the molecule is CC(C)(C)Cc1ccc2[c](c1)[Ge]([CH3])([CH3])[c]1c-2ccnc1-c1cc(-c2cccc3c2nc(-c2cc(C(C)(C)C)cc(C(C)(C)C)c2O)n3-c2ccc(C(C)(C)C)cc2-c2ccccc2)cc(C(C)(C)C)c1. The standard InChI is InChI=1S/C65H75GeN3O/c1-61(2,3)39-40-26-28-48-49-30-31-67-57(56(49)66(16,17)53(48)32-40)43-33-42(34-45(35-43)63(7,8)9)47-24-21-25-55-58(47)68-60(51-37-46(64(10,11)12)38-52(59(51)70)65(13,14)15)69(55)54-29-27-44(62(4,5)6)36-50(54)41-22-19-18-20-23-41/h18-38,70H,39H2,1-17H3. The maximum atomic E-state index is 12.7. The van der Waals surface area contributed by atoms with Gasteiger partial charge in [-0.15, -0.1) is 0 Å². The first-order chi connectivity index (χ1) is 32.5. The zero-order chi connectivity index (χ0) is 50.7. The van der Waals surface area contributed by atoms with Gasteiger partial charge in [0.25, 0.3) is 0 Å². The molecular weight excluding hydrogens is 911 g/mol. The van der Waals surface area contributed by atoms with Gasteiger partial charge in [0, 0.05) is 0 Å². The summed E-state index contributed by atoms with van der Waals surface area (Å²) in [5.41, 5.74) is 18.4. The average Bonchev–Trinajstić information content (AvgIpc) is 3.76. The molecule has 0 amide bonds. The third-order valence-electron chi connectivity index (χ3n) is 14.6. The summed E-state index contributed by atoms with van der Waals surface area (Å²) in [5, 5.41) is 12.7. The van der Waals surface area contributed by atoms with Gasteiger partial charge in [-0.3, -0.25) is 0 Å². The van der Waals surface area contributed by atoms with Crippen LogP contribution in [0.4, 0.5) is 0 Å². The molecule has 0 saturated carbocycles. The number of pyridine rings is 1. The van der Waals surface area contributed by atoms with E-state index in [0.29, 0.717) is 5.82 Å². The Bertz CT molecular complexity index is 3330. The van der Waals surface area contributed by atoms with Gasteiger partial charge in [-0.1, -0.05) is 98.7 Å². The van der Waals surface area contributed by atoms with Crippen molar-refractivity contribution in [3.63, 3.8) is 0 Å². The van der Waals surface area contributed by atoms with E-state index in [1.807, 2.05) is 6.20 Å². The Balaban J connectivity index is 1.34. The van der Waals surface area contributed by atoms with E-state index in [1.54, 1.807) is 4.40 Å². The third kappa shape index (κ3) is 8.99. The van der Waals surface area contributed by atoms with Crippen molar-refractivity contribution in [1.82, 2.24) is 14.5 Å². The molecule has 0 radical (unpaired) electrons. The molecule has 360 valence electrons. The van der Waals surface area contributed by atoms with Crippen molar-refractivity contribution in [3.8, 4) is 67.5 Å². The summed E-state index contributed by atoms with van der Waals surface area (Å²) in [6, 6.07) is 45.3. The van der Waals surface area contributed by atoms with E-state index in [1.165, 1.54) is 32.2 Å². The molecule has 0 unspecified atom stereocenters. The molecule has 3 heterocycles. The molecule has 2 aromatic heterocycles. The van der Waals surface area contributed by atoms with Gasteiger partial charge in [0.15, 0.2) is 0 Å². The molecule has 0 atom stereocenters. The predicted octanol–water partition coefficient (Wildman–Crippen LogP) is 16.4. The Labute approximate surface area is 422 Å². The number of rotatable bonds is 6. The van der Waals surface area contributed by atoms with Crippen molar-refractivity contribution in [2.45, 2.75) is 143 Å². The second-order valence-electron chi connectivity index (χ2n) is 26.1. The van der Waals surface area contributed by atoms with Crippen LogP contribution in [0.1, 0.15) is 132 Å². The number of aromatic hydroxyl groups is 1. The van der Waals surface area contributed by atoms with Crippen LogP contribution in [0.3, 0.4) is 0 Å². The van der Waals surface area contributed by atoms with E-state index in [2.05, 4.69) is 241 Å². The number of fused-ring (bicyclic) bond motifs is 4. The fourth-order valence-corrected chi connectivity index (χ4v) is 17.8. The number of hydrogen-bond donors (Lipinski definition) is 1. The number of imidazole rings is 1. The number of phenols is 1. The monoisotopic (exact) mass is 988 g/mol. The van der Waals surface area contributed by atoms with Crippen LogP contribution in [0.15, 0.2) is 128 Å². The van der Waals surface area contributed by atoms with E-state index in [4.69, 9.17) is 9.97 Å². The summed E-state index contributed by atoms with van der Waals surface area (Å²) < 4.78 is 5.34. The fraction of sp³-hybridized carbons (Fsp3) is 0.354. The number of para-hydroxylation sites is 1. The minimum absolute atomic E-state index is 0.0734. The van der Waals surface area contributed by atoms with Crippen molar-refractivity contribution in [3.05, 3.63) is 155 Å². The molecule has 8 aromatic rings. The summed E-state index contributed by atoms with van der Waals surface area (Å²) in [5.74, 6) is 6.11. The summed E-state index contributed by atoms with van der Waals surface area (Å²) in [7, 11) is 0. The molecule has 0 aliphatic carbocycles. The van der Waals surface area contributed by atoms with Gasteiger partial charge in [-0.25, -0.2) is 0 Å². The fourth-order valence-electron chi connectivity index (χ4n) is 10.7. The number of nitrogens with zero attached hydrogens (tertiary/aromatic N) is 3. The Morgan fingerprint density at radius 1 is 0.514 bits per heavy atom. The summed E-state index contributed by atoms with van der Waals surface area (Å²) in [6.45, 7) is 34.0. The van der Waals surface area contributed by atoms with Gasteiger partial charge in [0.05, 0.1) is 0 Å². The molecule has 0 bridgehead atoms. The summed E-state index contributed by atoms with van der Waals surface area (Å²) in [6.07, 6.45) is 3.08. The van der Waals surface area contributed by atoms with E-state index >= 15 is 0 Å². The summed E-state index contributed by atoms with van der Waals surface area (Å²) in [4.78, 5) is 11.1. The Kier molecular flexibility index (Phi) is 11.9. The van der Waals surface area contributed by atoms with Crippen LogP contribution in [0, 0.1) is 5.41 Å². The first-order valence-corrected chi connectivity index (χ1v) is 31.7. The third-order valence-corrected chi connectivity index (χ3v) is 22.0. The molecule has 1 aliphatic heterocycles. The molecule has 9 rings (SSSR count). The van der Waals surface area contributed by atoms with Crippen LogP contribution in [-0.2, 0) is 28.1 Å². The van der Waals surface area contributed by atoms with Gasteiger partial charge in [-0.05, 0) is 21.8 Å². The zero-order valence-electron chi connectivity index (χ0n) is 45.1. The molecular formula is C65H75GeN3O. The molecule has 1 aliphatic rings. The van der Waals surface area contributed by atoms with Crippen LogP contribution >= 0.6 is 0 Å². The molecule has 4 nitrogen and oxygen atoms in total. The van der Waals surface area contributed by atoms with Crippen LogP contribution in [-0.4, -0.2) is 32.9 Å². The van der Waals surface area contributed by atoms with Gasteiger partial charge < -0.3 is 0 Å². The van der Waals surface area contributed by atoms with E-state index < -0.39 is 13.3 Å². The molecule has 6 aromatic carbocycles. The van der Waals surface area contributed by atoms with Crippen molar-refractivity contribution in [2.24, 2.45) is 5.41 Å². The Morgan fingerprint density at radius 2 is 1.16 bits per heavy atom. The first kappa shape index (κ1) is 49.3. The quantitative estimate of drug-likeness (QED) is 0.169. The van der Waals surface area contributed by atoms with Crippen LogP contribution in [0.2, 0.25) is 11.5 Å². The van der Waals surface area contributed by atoms with Gasteiger partial charge >= 0.3 is 304 Å². The van der Waals surface area contributed by atoms with E-state index in [0.717, 1.165) is 73.3 Å². The van der Waals surface area contributed by atoms with Crippen molar-refractivity contribution in [1.29, 1.82) is 0 Å². The number of hydrogen-bond acceptors (Lipinski definition) is 3. The molecule has 1 N–H and O–H groups in total. The normalized spacial score (nSPS) is 14.0. The van der Waals surface area contributed by atoms with Crippen LogP contribution in [0.5, 0.6) is 5.75 Å². The average molecular weight is 987 g/mol. The predicted molar refractivity (Wildman–Crippen MR) is 302 cm³/mol. The molecule has 0 fully saturated rings. The van der Waals surface area contributed by atoms with Crippen LogP contribution < -0.4 is 8.79 Å². The number of aromatic nitrogens is 3. The van der Waals surface area contributed by atoms with E-state index in [9.17, 15) is 5.11 Å². The minimum atomic E-state index is -2.87. The topological polar surface area (TPSA) is 50.9 Å². The molecule has 0 spiro atoms. The second kappa shape index (κ2) is 17.0. The zero-order valence-corrected chi connectivity index (χ0v) is 47.2. The van der Waals surface area contributed by atoms with Gasteiger partial charge in [0.1, 0.15) is 0 Å². The molecule has 0 saturated heterocycles. The number of benzene rings is 6. The molecule has 70 heavy (non-hydrogen) atoms. The van der Waals surface area contributed by atoms with Crippen molar-refractivity contribution >= 4 is 33.1 Å². The maximum absolute atomic E-state index is 12.7. The Hall–Kier alpha value is -5.72. The van der Waals surface area contributed by atoms with Crippen molar-refractivity contribution in [2.75, 3.05) is 0 Å². The van der Waals surface area contributed by atoms with Gasteiger partial charge in [0.2, 0.25) is 0 Å². The van der Waals surface area contributed by atoms with Gasteiger partial charge in [-0.2, -0.15) is 0 Å². The van der Waals surface area contributed by atoms with Crippen LogP contribution in [0.25, 0.3) is 72.7 Å².